The van der Waals surface area contributed by atoms with Crippen molar-refractivity contribution in [3.05, 3.63) is 23.3 Å². The molecule has 0 radical (unpaired) electrons. The lowest BCUT2D eigenvalue weighted by molar-refractivity contribution is 0.352. The Morgan fingerprint density at radius 2 is 2.07 bits per heavy atom. The topological polar surface area (TPSA) is 44.5 Å². The predicted molar refractivity (Wildman–Crippen MR) is 64.3 cm³/mol. The van der Waals surface area contributed by atoms with Crippen LogP contribution in [-0.2, 0) is 6.42 Å². The summed E-state index contributed by atoms with van der Waals surface area (Å²) < 4.78 is 52.4. The van der Waals surface area contributed by atoms with E-state index in [4.69, 9.17) is 23.4 Å². The molecule has 1 aromatic rings. The van der Waals surface area contributed by atoms with E-state index in [9.17, 15) is 0 Å². The molecule has 0 heterocycles. The summed E-state index contributed by atoms with van der Waals surface area (Å²) in [6.45, 7) is 2.02. The highest BCUT2D eigenvalue weighted by Gasteiger charge is 2.09. The summed E-state index contributed by atoms with van der Waals surface area (Å²) in [5.41, 5.74) is 6.76. The van der Waals surface area contributed by atoms with E-state index in [1.165, 1.54) is 6.07 Å². The second kappa shape index (κ2) is 6.53. The molecule has 0 aliphatic rings. The standard InChI is InChI=1S/C11H17NO2.ClH/c1-8-9(6-7-12)4-5-10(13-2)11(8)14-3;/h4-5H,6-7,12H2,1-3H3;1H/i2D3,3D3;. The Labute approximate surface area is 105 Å². The van der Waals surface area contributed by atoms with Crippen molar-refractivity contribution < 1.29 is 17.7 Å². The van der Waals surface area contributed by atoms with Crippen LogP contribution in [0.4, 0.5) is 0 Å². The van der Waals surface area contributed by atoms with Gasteiger partial charge in [0.2, 0.25) is 0 Å². The molecule has 4 heteroatoms. The van der Waals surface area contributed by atoms with Crippen LogP contribution in [0.3, 0.4) is 0 Å². The quantitative estimate of drug-likeness (QED) is 0.871. The molecule has 0 aliphatic heterocycles. The average Bonchev–Trinajstić information content (AvgIpc) is 2.24. The lowest BCUT2D eigenvalue weighted by atomic mass is 10.0. The zero-order valence-electron chi connectivity index (χ0n) is 14.4. The SMILES string of the molecule is Cl.[2H]C([2H])([2H])Oc1ccc(CCN)c(C)c1OC([2H])([2H])[2H]. The second-order valence-corrected chi connectivity index (χ2v) is 2.92. The first-order valence-corrected chi connectivity index (χ1v) is 4.24. The van der Waals surface area contributed by atoms with Crippen LogP contribution in [0.2, 0.25) is 0 Å². The van der Waals surface area contributed by atoms with E-state index in [0.29, 0.717) is 18.5 Å². The molecular formula is C11H18ClNO2. The van der Waals surface area contributed by atoms with E-state index >= 15 is 0 Å². The fourth-order valence-electron chi connectivity index (χ4n) is 1.34. The van der Waals surface area contributed by atoms with Gasteiger partial charge in [-0.05, 0) is 37.1 Å². The Hall–Kier alpha value is -0.930. The summed E-state index contributed by atoms with van der Waals surface area (Å²) in [4.78, 5) is 0. The van der Waals surface area contributed by atoms with Gasteiger partial charge in [0.05, 0.1) is 22.3 Å². The molecule has 0 unspecified atom stereocenters. The van der Waals surface area contributed by atoms with Gasteiger partial charge >= 0.3 is 0 Å². The summed E-state index contributed by atoms with van der Waals surface area (Å²) in [5.74, 6) is -0.216. The maximum atomic E-state index is 7.16. The van der Waals surface area contributed by atoms with E-state index in [2.05, 4.69) is 0 Å². The van der Waals surface area contributed by atoms with Gasteiger partial charge in [-0.2, -0.15) is 0 Å². The van der Waals surface area contributed by atoms with Crippen LogP contribution in [0, 0.1) is 6.92 Å². The predicted octanol–water partition coefficient (Wildman–Crippen LogP) is 1.94. The molecule has 0 saturated heterocycles. The van der Waals surface area contributed by atoms with E-state index in [1.807, 2.05) is 0 Å². The molecule has 86 valence electrons. The molecule has 0 spiro atoms. The van der Waals surface area contributed by atoms with Crippen molar-refractivity contribution in [1.29, 1.82) is 0 Å². The van der Waals surface area contributed by atoms with Crippen LogP contribution in [0.15, 0.2) is 12.1 Å². The maximum Gasteiger partial charge on any atom is 0.163 e. The molecule has 0 atom stereocenters. The van der Waals surface area contributed by atoms with Crippen molar-refractivity contribution in [1.82, 2.24) is 0 Å². The molecule has 0 saturated carbocycles. The molecule has 1 aromatic carbocycles. The molecule has 0 amide bonds. The summed E-state index contributed by atoms with van der Waals surface area (Å²) >= 11 is 0. The molecule has 0 aliphatic carbocycles. The molecule has 0 fully saturated rings. The van der Waals surface area contributed by atoms with Crippen molar-refractivity contribution in [3.8, 4) is 11.5 Å². The zero-order chi connectivity index (χ0) is 15.6. The number of ether oxygens (including phenoxy) is 2. The van der Waals surface area contributed by atoms with Crippen LogP contribution in [0.25, 0.3) is 0 Å². The first-order chi connectivity index (χ1) is 9.03. The smallest absolute Gasteiger partial charge is 0.163 e. The van der Waals surface area contributed by atoms with E-state index in [-0.39, 0.29) is 23.9 Å². The third-order valence-electron chi connectivity index (χ3n) is 2.11. The van der Waals surface area contributed by atoms with Gasteiger partial charge in [-0.3, -0.25) is 0 Å². The Morgan fingerprint density at radius 1 is 1.33 bits per heavy atom. The van der Waals surface area contributed by atoms with E-state index < -0.39 is 14.1 Å². The highest BCUT2D eigenvalue weighted by Crippen LogP contribution is 2.32. The Balaban J connectivity index is 0.00000400. The fourth-order valence-corrected chi connectivity index (χ4v) is 1.34. The first-order valence-electron chi connectivity index (χ1n) is 7.24. The third kappa shape index (κ3) is 3.01. The highest BCUT2D eigenvalue weighted by molar-refractivity contribution is 5.85. The number of benzene rings is 1. The first kappa shape index (κ1) is 6.61. The molecule has 2 N–H and O–H groups in total. The minimum atomic E-state index is -2.70. The van der Waals surface area contributed by atoms with Gasteiger partial charge < -0.3 is 15.2 Å². The molecule has 3 nitrogen and oxygen atoms in total. The fraction of sp³-hybridized carbons (Fsp3) is 0.455. The van der Waals surface area contributed by atoms with Gasteiger partial charge in [-0.25, -0.2) is 0 Å². The van der Waals surface area contributed by atoms with Gasteiger partial charge in [0.1, 0.15) is 0 Å². The minimum absolute atomic E-state index is 0. The lowest BCUT2D eigenvalue weighted by Crippen LogP contribution is -2.05. The van der Waals surface area contributed by atoms with Crippen molar-refractivity contribution in [3.63, 3.8) is 0 Å². The third-order valence-corrected chi connectivity index (χ3v) is 2.11. The molecule has 0 bridgehead atoms. The summed E-state index contributed by atoms with van der Waals surface area (Å²) in [7, 11) is -5.38. The highest BCUT2D eigenvalue weighted by atomic mass is 35.5. The van der Waals surface area contributed by atoms with Gasteiger partial charge in [0.25, 0.3) is 0 Å². The Kier molecular flexibility index (Phi) is 2.88. The number of nitrogens with two attached hydrogens (primary N) is 1. The van der Waals surface area contributed by atoms with Gasteiger partial charge in [-0.15, -0.1) is 12.4 Å². The molecule has 1 rings (SSSR count). The molecule has 15 heavy (non-hydrogen) atoms. The normalized spacial score (nSPS) is 16.9. The van der Waals surface area contributed by atoms with Crippen LogP contribution in [0.5, 0.6) is 11.5 Å². The zero-order valence-corrected chi connectivity index (χ0v) is 9.19. The maximum absolute atomic E-state index is 7.16. The Morgan fingerprint density at radius 3 is 2.67 bits per heavy atom. The Bertz CT molecular complexity index is 475. The lowest BCUT2D eigenvalue weighted by Gasteiger charge is -2.13. The summed E-state index contributed by atoms with van der Waals surface area (Å²) in [6, 6.07) is 3.03. The van der Waals surface area contributed by atoms with Crippen molar-refractivity contribution in [2.75, 3.05) is 20.6 Å². The van der Waals surface area contributed by atoms with E-state index in [1.54, 1.807) is 13.0 Å². The monoisotopic (exact) mass is 237 g/mol. The van der Waals surface area contributed by atoms with Gasteiger partial charge in [0, 0.05) is 0 Å². The molecular weight excluding hydrogens is 214 g/mol. The van der Waals surface area contributed by atoms with Crippen LogP contribution in [-0.4, -0.2) is 20.6 Å². The number of hydrogen-bond donors (Lipinski definition) is 1. The van der Waals surface area contributed by atoms with Gasteiger partial charge in [-0.1, -0.05) is 6.07 Å². The van der Waals surface area contributed by atoms with Crippen LogP contribution < -0.4 is 15.2 Å². The van der Waals surface area contributed by atoms with Crippen LogP contribution in [0.1, 0.15) is 19.4 Å². The number of halogens is 1. The number of methoxy groups -OCH3 is 2. The minimum Gasteiger partial charge on any atom is -0.493 e. The molecule has 0 aromatic heterocycles. The number of hydrogen-bond acceptors (Lipinski definition) is 3. The van der Waals surface area contributed by atoms with E-state index in [0.717, 1.165) is 5.56 Å². The summed E-state index contributed by atoms with van der Waals surface area (Å²) in [6.07, 6.45) is 0.525. The average molecular weight is 238 g/mol. The van der Waals surface area contributed by atoms with Gasteiger partial charge in [0.15, 0.2) is 11.5 Å². The van der Waals surface area contributed by atoms with Crippen molar-refractivity contribution in [2.45, 2.75) is 13.3 Å². The summed E-state index contributed by atoms with van der Waals surface area (Å²) in [5, 5.41) is 0. The second-order valence-electron chi connectivity index (χ2n) is 2.92. The van der Waals surface area contributed by atoms with Crippen molar-refractivity contribution >= 4 is 12.4 Å². The van der Waals surface area contributed by atoms with Crippen molar-refractivity contribution in [2.24, 2.45) is 5.73 Å². The van der Waals surface area contributed by atoms with Crippen LogP contribution >= 0.6 is 12.4 Å². The largest absolute Gasteiger partial charge is 0.493 e. The number of rotatable bonds is 4.